The van der Waals surface area contributed by atoms with Crippen LogP contribution in [-0.4, -0.2) is 42.0 Å². The summed E-state index contributed by atoms with van der Waals surface area (Å²) in [7, 11) is 1.97. The van der Waals surface area contributed by atoms with E-state index in [1.165, 1.54) is 0 Å². The van der Waals surface area contributed by atoms with E-state index in [0.717, 1.165) is 55.6 Å². The van der Waals surface area contributed by atoms with Crippen LogP contribution in [0.2, 0.25) is 0 Å². The fraction of sp³-hybridized carbons (Fsp3) is 0.529. The summed E-state index contributed by atoms with van der Waals surface area (Å²) in [5.41, 5.74) is 0.883. The number of fused-ring (bicyclic) bond motifs is 1. The Hall–Kier alpha value is -2.04. The maximum absolute atomic E-state index is 12.2. The minimum atomic E-state index is 0.310. The summed E-state index contributed by atoms with van der Waals surface area (Å²) in [6, 6.07) is 4.24. The molecule has 0 atom stereocenters. The molecule has 5 heteroatoms. The molecule has 1 saturated carbocycles. The first-order valence-corrected chi connectivity index (χ1v) is 8.08. The molecule has 0 radical (unpaired) electrons. The highest BCUT2D eigenvalue weighted by Crippen LogP contribution is 2.33. The van der Waals surface area contributed by atoms with Crippen LogP contribution in [0.4, 0.5) is 5.82 Å². The maximum Gasteiger partial charge on any atom is 0.225 e. The number of anilines is 1. The molecular formula is C17H21N3O2. The van der Waals surface area contributed by atoms with Gasteiger partial charge in [-0.25, -0.2) is 4.98 Å². The number of carbonyl (C=O) groups is 1. The zero-order chi connectivity index (χ0) is 15.1. The van der Waals surface area contributed by atoms with Gasteiger partial charge < -0.3 is 14.2 Å². The van der Waals surface area contributed by atoms with Crippen LogP contribution in [0.3, 0.4) is 0 Å². The van der Waals surface area contributed by atoms with Gasteiger partial charge in [-0.15, -0.1) is 0 Å². The van der Waals surface area contributed by atoms with Gasteiger partial charge in [-0.2, -0.15) is 0 Å². The number of hydrogen-bond acceptors (Lipinski definition) is 4. The van der Waals surface area contributed by atoms with Crippen LogP contribution in [0.1, 0.15) is 25.7 Å². The quantitative estimate of drug-likeness (QED) is 0.874. The lowest BCUT2D eigenvalue weighted by Gasteiger charge is -2.37. The zero-order valence-electron chi connectivity index (χ0n) is 12.9. The van der Waals surface area contributed by atoms with Gasteiger partial charge >= 0.3 is 0 Å². The van der Waals surface area contributed by atoms with E-state index in [9.17, 15) is 4.79 Å². The molecule has 2 aromatic heterocycles. The standard InChI is InChI=1S/C17H21N3O2/c1-19(17(21)12-2-3-12)13-5-9-20(10-6-13)16-14-7-11-22-15(14)4-8-18-16/h4,7-8,11-13H,2-3,5-6,9-10H2,1H3. The summed E-state index contributed by atoms with van der Waals surface area (Å²) in [6.45, 7) is 1.87. The summed E-state index contributed by atoms with van der Waals surface area (Å²) in [6.07, 6.45) is 7.68. The minimum absolute atomic E-state index is 0.310. The molecule has 2 aliphatic rings. The van der Waals surface area contributed by atoms with Crippen molar-refractivity contribution >= 4 is 22.7 Å². The Labute approximate surface area is 129 Å². The summed E-state index contributed by atoms with van der Waals surface area (Å²) in [4.78, 5) is 21.0. The van der Waals surface area contributed by atoms with E-state index >= 15 is 0 Å². The lowest BCUT2D eigenvalue weighted by molar-refractivity contribution is -0.133. The highest BCUT2D eigenvalue weighted by molar-refractivity contribution is 5.88. The molecule has 0 aromatic carbocycles. The molecule has 1 saturated heterocycles. The highest BCUT2D eigenvalue weighted by atomic mass is 16.3. The second kappa shape index (κ2) is 5.30. The van der Waals surface area contributed by atoms with Crippen molar-refractivity contribution in [1.29, 1.82) is 0 Å². The molecule has 0 unspecified atom stereocenters. The predicted molar refractivity (Wildman–Crippen MR) is 84.7 cm³/mol. The molecule has 22 heavy (non-hydrogen) atoms. The van der Waals surface area contributed by atoms with E-state index in [-0.39, 0.29) is 0 Å². The van der Waals surface area contributed by atoms with Crippen LogP contribution in [0, 0.1) is 5.92 Å². The van der Waals surface area contributed by atoms with E-state index in [4.69, 9.17) is 4.42 Å². The molecule has 1 aliphatic heterocycles. The highest BCUT2D eigenvalue weighted by Gasteiger charge is 2.35. The molecule has 0 bridgehead atoms. The van der Waals surface area contributed by atoms with E-state index < -0.39 is 0 Å². The normalized spacial score (nSPS) is 19.6. The Morgan fingerprint density at radius 1 is 1.27 bits per heavy atom. The second-order valence-corrected chi connectivity index (χ2v) is 6.41. The number of hydrogen-bond donors (Lipinski definition) is 0. The molecular weight excluding hydrogens is 278 g/mol. The first kappa shape index (κ1) is 13.6. The van der Waals surface area contributed by atoms with E-state index in [2.05, 4.69) is 9.88 Å². The van der Waals surface area contributed by atoms with Crippen LogP contribution in [0.15, 0.2) is 29.0 Å². The first-order valence-electron chi connectivity index (χ1n) is 8.08. The third-order valence-corrected chi connectivity index (χ3v) is 4.94. The van der Waals surface area contributed by atoms with E-state index in [1.807, 2.05) is 24.1 Å². The zero-order valence-corrected chi connectivity index (χ0v) is 12.9. The summed E-state index contributed by atoms with van der Waals surface area (Å²) < 4.78 is 5.45. The lowest BCUT2D eigenvalue weighted by Crippen LogP contribution is -2.46. The van der Waals surface area contributed by atoms with Crippen molar-refractivity contribution in [1.82, 2.24) is 9.88 Å². The average Bonchev–Trinajstić information content (AvgIpc) is 3.30. The Morgan fingerprint density at radius 3 is 2.77 bits per heavy atom. The Balaban J connectivity index is 1.45. The molecule has 116 valence electrons. The topological polar surface area (TPSA) is 49.6 Å². The van der Waals surface area contributed by atoms with E-state index in [1.54, 1.807) is 12.5 Å². The van der Waals surface area contributed by atoms with Crippen LogP contribution in [0.25, 0.3) is 11.0 Å². The lowest BCUT2D eigenvalue weighted by atomic mass is 10.0. The number of furan rings is 1. The van der Waals surface area contributed by atoms with Gasteiger partial charge in [0, 0.05) is 38.3 Å². The molecule has 2 aromatic rings. The van der Waals surface area contributed by atoms with Crippen molar-refractivity contribution in [2.75, 3.05) is 25.0 Å². The smallest absolute Gasteiger partial charge is 0.225 e. The molecule has 5 nitrogen and oxygen atoms in total. The van der Waals surface area contributed by atoms with Crippen molar-refractivity contribution in [3.8, 4) is 0 Å². The minimum Gasteiger partial charge on any atom is -0.464 e. The number of pyridine rings is 1. The molecule has 1 aliphatic carbocycles. The average molecular weight is 299 g/mol. The molecule has 3 heterocycles. The van der Waals surface area contributed by atoms with Crippen LogP contribution < -0.4 is 4.90 Å². The van der Waals surface area contributed by atoms with Crippen molar-refractivity contribution in [3.63, 3.8) is 0 Å². The van der Waals surface area contributed by atoms with Crippen molar-refractivity contribution in [3.05, 3.63) is 24.6 Å². The molecule has 0 N–H and O–H groups in total. The van der Waals surface area contributed by atoms with Gasteiger partial charge in [-0.1, -0.05) is 0 Å². The summed E-state index contributed by atoms with van der Waals surface area (Å²) in [5, 5.41) is 1.07. The van der Waals surface area contributed by atoms with Gasteiger partial charge in [-0.05, 0) is 37.8 Å². The summed E-state index contributed by atoms with van der Waals surface area (Å²) >= 11 is 0. The number of amides is 1. The largest absolute Gasteiger partial charge is 0.464 e. The Kier molecular flexibility index (Phi) is 3.28. The number of nitrogens with zero attached hydrogens (tertiary/aromatic N) is 3. The van der Waals surface area contributed by atoms with Crippen molar-refractivity contribution in [2.45, 2.75) is 31.7 Å². The van der Waals surface area contributed by atoms with E-state index in [0.29, 0.717) is 17.9 Å². The first-order chi connectivity index (χ1) is 10.7. The van der Waals surface area contributed by atoms with Crippen LogP contribution >= 0.6 is 0 Å². The second-order valence-electron chi connectivity index (χ2n) is 6.41. The number of rotatable bonds is 3. The summed E-state index contributed by atoms with van der Waals surface area (Å²) in [5.74, 6) is 1.65. The predicted octanol–water partition coefficient (Wildman–Crippen LogP) is 2.67. The van der Waals surface area contributed by atoms with Crippen LogP contribution in [-0.2, 0) is 4.79 Å². The van der Waals surface area contributed by atoms with Gasteiger partial charge in [0.1, 0.15) is 11.4 Å². The van der Waals surface area contributed by atoms with Gasteiger partial charge in [0.25, 0.3) is 0 Å². The third kappa shape index (κ3) is 2.34. The van der Waals surface area contributed by atoms with Gasteiger partial charge in [-0.3, -0.25) is 4.79 Å². The molecule has 4 rings (SSSR count). The monoisotopic (exact) mass is 299 g/mol. The maximum atomic E-state index is 12.2. The molecule has 2 fully saturated rings. The Morgan fingerprint density at radius 2 is 2.05 bits per heavy atom. The SMILES string of the molecule is CN(C(=O)C1CC1)C1CCN(c2nccc3occc23)CC1. The van der Waals surface area contributed by atoms with Gasteiger partial charge in [0.05, 0.1) is 11.6 Å². The van der Waals surface area contributed by atoms with Crippen molar-refractivity contribution < 1.29 is 9.21 Å². The fourth-order valence-electron chi connectivity index (χ4n) is 3.40. The number of aromatic nitrogens is 1. The van der Waals surface area contributed by atoms with Gasteiger partial charge in [0.15, 0.2) is 0 Å². The van der Waals surface area contributed by atoms with Crippen molar-refractivity contribution in [2.24, 2.45) is 5.92 Å². The number of carbonyl (C=O) groups excluding carboxylic acids is 1. The molecule has 1 amide bonds. The third-order valence-electron chi connectivity index (χ3n) is 4.94. The Bertz CT molecular complexity index is 684. The fourth-order valence-corrected chi connectivity index (χ4v) is 3.40. The van der Waals surface area contributed by atoms with Crippen LogP contribution in [0.5, 0.6) is 0 Å². The van der Waals surface area contributed by atoms with Gasteiger partial charge in [0.2, 0.25) is 5.91 Å². The molecule has 0 spiro atoms. The number of piperidine rings is 1.